The lowest BCUT2D eigenvalue weighted by molar-refractivity contribution is 0.354. The minimum Gasteiger partial charge on any atom is -0.493 e. The zero-order chi connectivity index (χ0) is 20.5. The molecule has 0 saturated carbocycles. The molecule has 0 amide bonds. The average molecular weight is 515 g/mol. The largest absolute Gasteiger partial charge is 0.493 e. The number of hydrogen-bond donors (Lipinski definition) is 2. The maximum absolute atomic E-state index is 5.37. The number of methoxy groups -OCH3 is 2. The lowest BCUT2D eigenvalue weighted by Gasteiger charge is -2.12. The summed E-state index contributed by atoms with van der Waals surface area (Å²) in [5, 5.41) is 11.2. The van der Waals surface area contributed by atoms with Crippen molar-refractivity contribution in [2.45, 2.75) is 40.2 Å². The smallest absolute Gasteiger partial charge is 0.191 e. The predicted octanol–water partition coefficient (Wildman–Crippen LogP) is 3.36. The summed E-state index contributed by atoms with van der Waals surface area (Å²) >= 11 is 0. The van der Waals surface area contributed by atoms with E-state index in [-0.39, 0.29) is 24.0 Å². The number of aromatic nitrogens is 2. The SMILES string of the molecule is CCNC(=NCc1c(C)nn(C)c1C)NCCCc1ccc(OC)c(OC)c1.I. The maximum atomic E-state index is 5.37. The Morgan fingerprint density at radius 2 is 1.86 bits per heavy atom. The average Bonchev–Trinajstić information content (AvgIpc) is 2.94. The van der Waals surface area contributed by atoms with Crippen LogP contribution >= 0.6 is 24.0 Å². The predicted molar refractivity (Wildman–Crippen MR) is 129 cm³/mol. The standard InChI is InChI=1S/C21H33N5O2.HI/c1-7-22-21(24-14-18-15(2)25-26(4)16(18)3)23-12-8-9-17-10-11-19(27-5)20(13-17)28-6;/h10-11,13H,7-9,12,14H2,1-6H3,(H2,22,23,24);1H. The van der Waals surface area contributed by atoms with E-state index >= 15 is 0 Å². The van der Waals surface area contributed by atoms with E-state index in [1.807, 2.05) is 30.8 Å². The molecule has 1 heterocycles. The lowest BCUT2D eigenvalue weighted by Crippen LogP contribution is -2.37. The van der Waals surface area contributed by atoms with Gasteiger partial charge in [0, 0.05) is 31.4 Å². The fraction of sp³-hybridized carbons (Fsp3) is 0.524. The van der Waals surface area contributed by atoms with E-state index in [9.17, 15) is 0 Å². The van der Waals surface area contributed by atoms with Crippen molar-refractivity contribution in [2.75, 3.05) is 27.3 Å². The van der Waals surface area contributed by atoms with Gasteiger partial charge in [-0.3, -0.25) is 4.68 Å². The third-order valence-electron chi connectivity index (χ3n) is 4.78. The van der Waals surface area contributed by atoms with Gasteiger partial charge in [0.15, 0.2) is 17.5 Å². The number of aryl methyl sites for hydroxylation is 3. The molecule has 2 rings (SSSR count). The van der Waals surface area contributed by atoms with Crippen LogP contribution in [0, 0.1) is 13.8 Å². The van der Waals surface area contributed by atoms with Gasteiger partial charge in [-0.25, -0.2) is 4.99 Å². The molecule has 7 nitrogen and oxygen atoms in total. The number of aliphatic imine (C=N–C) groups is 1. The Balaban J connectivity index is 0.00000420. The van der Waals surface area contributed by atoms with Crippen molar-refractivity contribution in [1.29, 1.82) is 0 Å². The van der Waals surface area contributed by atoms with Crippen molar-refractivity contribution in [3.8, 4) is 11.5 Å². The van der Waals surface area contributed by atoms with Gasteiger partial charge in [0.05, 0.1) is 26.5 Å². The highest BCUT2D eigenvalue weighted by Crippen LogP contribution is 2.27. The van der Waals surface area contributed by atoms with E-state index in [0.29, 0.717) is 6.54 Å². The monoisotopic (exact) mass is 515 g/mol. The molecule has 0 spiro atoms. The van der Waals surface area contributed by atoms with E-state index in [4.69, 9.17) is 14.5 Å². The van der Waals surface area contributed by atoms with E-state index in [2.05, 4.69) is 35.6 Å². The second kappa shape index (κ2) is 12.6. The van der Waals surface area contributed by atoms with Crippen LogP contribution < -0.4 is 20.1 Å². The van der Waals surface area contributed by atoms with Crippen molar-refractivity contribution < 1.29 is 9.47 Å². The topological polar surface area (TPSA) is 72.7 Å². The van der Waals surface area contributed by atoms with Crippen LogP contribution in [0.15, 0.2) is 23.2 Å². The zero-order valence-corrected chi connectivity index (χ0v) is 20.7. The summed E-state index contributed by atoms with van der Waals surface area (Å²) in [6, 6.07) is 6.06. The molecule has 0 aliphatic rings. The number of nitrogens with zero attached hydrogens (tertiary/aromatic N) is 3. The van der Waals surface area contributed by atoms with E-state index in [1.165, 1.54) is 11.1 Å². The third-order valence-corrected chi connectivity index (χ3v) is 4.78. The quantitative estimate of drug-likeness (QED) is 0.232. The number of halogens is 1. The molecule has 0 radical (unpaired) electrons. The zero-order valence-electron chi connectivity index (χ0n) is 18.3. The molecular formula is C21H34IN5O2. The van der Waals surface area contributed by atoms with Crippen LogP contribution in [-0.4, -0.2) is 43.0 Å². The third kappa shape index (κ3) is 7.09. The summed E-state index contributed by atoms with van der Waals surface area (Å²) in [5.74, 6) is 2.36. The molecular weight excluding hydrogens is 481 g/mol. The molecule has 8 heteroatoms. The number of ether oxygens (including phenoxy) is 2. The number of nitrogens with one attached hydrogen (secondary N) is 2. The van der Waals surface area contributed by atoms with Gasteiger partial charge in [-0.2, -0.15) is 5.10 Å². The summed E-state index contributed by atoms with van der Waals surface area (Å²) in [6.07, 6.45) is 1.94. The van der Waals surface area contributed by atoms with Gasteiger partial charge in [-0.15, -0.1) is 24.0 Å². The fourth-order valence-electron chi connectivity index (χ4n) is 3.08. The first-order valence-electron chi connectivity index (χ1n) is 9.72. The molecule has 0 unspecified atom stereocenters. The van der Waals surface area contributed by atoms with Gasteiger partial charge in [-0.1, -0.05) is 6.07 Å². The molecule has 0 fully saturated rings. The molecule has 1 aromatic heterocycles. The molecule has 0 bridgehead atoms. The second-order valence-corrected chi connectivity index (χ2v) is 6.69. The van der Waals surface area contributed by atoms with Gasteiger partial charge in [0.2, 0.25) is 0 Å². The van der Waals surface area contributed by atoms with Gasteiger partial charge in [-0.05, 0) is 51.3 Å². The minimum absolute atomic E-state index is 0. The van der Waals surface area contributed by atoms with Crippen LogP contribution in [0.5, 0.6) is 11.5 Å². The first kappa shape index (κ1) is 25.1. The van der Waals surface area contributed by atoms with Crippen molar-refractivity contribution in [2.24, 2.45) is 12.0 Å². The summed E-state index contributed by atoms with van der Waals surface area (Å²) in [7, 11) is 5.28. The molecule has 0 atom stereocenters. The molecule has 0 aliphatic heterocycles. The van der Waals surface area contributed by atoms with E-state index in [1.54, 1.807) is 14.2 Å². The van der Waals surface area contributed by atoms with E-state index in [0.717, 1.165) is 54.8 Å². The first-order valence-corrected chi connectivity index (χ1v) is 9.72. The second-order valence-electron chi connectivity index (χ2n) is 6.69. The Hall–Kier alpha value is -1.97. The van der Waals surface area contributed by atoms with Crippen LogP contribution in [0.1, 0.15) is 35.9 Å². The molecule has 2 aromatic rings. The number of hydrogen-bond acceptors (Lipinski definition) is 4. The highest BCUT2D eigenvalue weighted by molar-refractivity contribution is 14.0. The summed E-state index contributed by atoms with van der Waals surface area (Å²) in [4.78, 5) is 4.72. The molecule has 162 valence electrons. The molecule has 29 heavy (non-hydrogen) atoms. The van der Waals surface area contributed by atoms with Crippen molar-refractivity contribution in [3.05, 3.63) is 40.7 Å². The fourth-order valence-corrected chi connectivity index (χ4v) is 3.08. The number of guanidine groups is 1. The molecule has 0 aliphatic carbocycles. The molecule has 2 N–H and O–H groups in total. The lowest BCUT2D eigenvalue weighted by atomic mass is 10.1. The van der Waals surface area contributed by atoms with Crippen LogP contribution in [0.3, 0.4) is 0 Å². The van der Waals surface area contributed by atoms with Crippen LogP contribution in [0.25, 0.3) is 0 Å². The maximum Gasteiger partial charge on any atom is 0.191 e. The Kier molecular flexibility index (Phi) is 10.9. The van der Waals surface area contributed by atoms with E-state index < -0.39 is 0 Å². The highest BCUT2D eigenvalue weighted by Gasteiger charge is 2.09. The molecule has 1 aromatic carbocycles. The van der Waals surface area contributed by atoms with Crippen molar-refractivity contribution in [3.63, 3.8) is 0 Å². The number of benzene rings is 1. The Morgan fingerprint density at radius 3 is 2.45 bits per heavy atom. The minimum atomic E-state index is 0. The highest BCUT2D eigenvalue weighted by atomic mass is 127. The first-order chi connectivity index (χ1) is 13.5. The Bertz CT molecular complexity index is 805. The summed E-state index contributed by atoms with van der Waals surface area (Å²) in [6.45, 7) is 8.46. The van der Waals surface area contributed by atoms with Gasteiger partial charge < -0.3 is 20.1 Å². The van der Waals surface area contributed by atoms with Crippen molar-refractivity contribution in [1.82, 2.24) is 20.4 Å². The normalized spacial score (nSPS) is 11.0. The molecule has 0 saturated heterocycles. The van der Waals surface area contributed by atoms with Gasteiger partial charge in [0.1, 0.15) is 0 Å². The van der Waals surface area contributed by atoms with Crippen LogP contribution in [0.2, 0.25) is 0 Å². The summed E-state index contributed by atoms with van der Waals surface area (Å²) < 4.78 is 12.6. The van der Waals surface area contributed by atoms with Crippen molar-refractivity contribution >= 4 is 29.9 Å². The van der Waals surface area contributed by atoms with Gasteiger partial charge >= 0.3 is 0 Å². The van der Waals surface area contributed by atoms with Gasteiger partial charge in [0.25, 0.3) is 0 Å². The van der Waals surface area contributed by atoms with Crippen LogP contribution in [0.4, 0.5) is 0 Å². The summed E-state index contributed by atoms with van der Waals surface area (Å²) in [5.41, 5.74) is 4.60. The Morgan fingerprint density at radius 1 is 1.14 bits per heavy atom. The number of rotatable bonds is 9. The Labute approximate surface area is 191 Å². The van der Waals surface area contributed by atoms with Crippen LogP contribution in [-0.2, 0) is 20.0 Å².